The van der Waals surface area contributed by atoms with Crippen molar-refractivity contribution in [3.63, 3.8) is 0 Å². The molecule has 1 saturated heterocycles. The Bertz CT molecular complexity index is 107. The molecule has 0 spiro atoms. The van der Waals surface area contributed by atoms with Gasteiger partial charge in [-0.3, -0.25) is 0 Å². The van der Waals surface area contributed by atoms with Gasteiger partial charge in [-0.2, -0.15) is 0 Å². The molecule has 0 aliphatic carbocycles. The molecule has 2 nitrogen and oxygen atoms in total. The molecule has 9 heavy (non-hydrogen) atoms. The number of hydrogen-bond donors (Lipinski definition) is 1. The van der Waals surface area contributed by atoms with Crippen LogP contribution in [0.3, 0.4) is 0 Å². The van der Waals surface area contributed by atoms with Crippen molar-refractivity contribution in [2.24, 2.45) is 0 Å². The second-order valence-corrected chi connectivity index (χ2v) is 2.39. The molecule has 1 N–H and O–H groups in total. The Hall–Kier alpha value is 0.378. The van der Waals surface area contributed by atoms with Gasteiger partial charge in [-0.05, 0) is 18.6 Å². The molecule has 0 aromatic carbocycles. The number of rotatable bonds is 0. The van der Waals surface area contributed by atoms with Crippen LogP contribution in [0.15, 0.2) is 0 Å². The molecule has 4 heteroatoms. The third-order valence-electron chi connectivity index (χ3n) is 1.29. The molecule has 0 aromatic heterocycles. The number of nitrogens with one attached hydrogen (secondary N) is 1. The van der Waals surface area contributed by atoms with Gasteiger partial charge in [0.25, 0.3) is 0 Å². The summed E-state index contributed by atoms with van der Waals surface area (Å²) in [5, 5.41) is 3.97. The van der Waals surface area contributed by atoms with E-state index in [9.17, 15) is 0 Å². The maximum absolute atomic E-state index is 4.94. The Labute approximate surface area is 75.2 Å². The Morgan fingerprint density at radius 1 is 1.67 bits per heavy atom. The molecular weight excluding hydrogens is 315 g/mol. The molecule has 1 aliphatic rings. The van der Waals surface area contributed by atoms with E-state index in [0.717, 1.165) is 18.2 Å². The number of thiocarbonyl (C=S) groups is 1. The van der Waals surface area contributed by atoms with Crippen LogP contribution in [0.5, 0.6) is 0 Å². The average molecular weight is 325 g/mol. The molecule has 0 radical (unpaired) electrons. The summed E-state index contributed by atoms with van der Waals surface area (Å²) in [6.45, 7) is 2.15. The number of hydrogen-bond acceptors (Lipinski definition) is 1. The van der Waals surface area contributed by atoms with Gasteiger partial charge in [-0.15, -0.1) is 0 Å². The summed E-state index contributed by atoms with van der Waals surface area (Å²) < 4.78 is 0. The van der Waals surface area contributed by atoms with Crippen molar-refractivity contribution in [3.8, 4) is 0 Å². The molecule has 56 valence electrons. The van der Waals surface area contributed by atoms with Crippen LogP contribution in [0.4, 0.5) is 0 Å². The van der Waals surface area contributed by atoms with Crippen molar-refractivity contribution in [3.05, 3.63) is 0 Å². The van der Waals surface area contributed by atoms with Gasteiger partial charge in [0.2, 0.25) is 0 Å². The van der Waals surface area contributed by atoms with Gasteiger partial charge in [-0.1, -0.05) is 0 Å². The third kappa shape index (κ3) is 2.63. The van der Waals surface area contributed by atoms with Gasteiger partial charge in [0.05, 0.1) is 0 Å². The second kappa shape index (κ2) is 4.23. The van der Waals surface area contributed by atoms with Crippen molar-refractivity contribution >= 4 is 17.3 Å². The molecule has 0 saturated carbocycles. The van der Waals surface area contributed by atoms with Crippen LogP contribution in [0.1, 0.15) is 6.42 Å². The average Bonchev–Trinajstić information content (AvgIpc) is 1.77. The van der Waals surface area contributed by atoms with E-state index in [2.05, 4.69) is 10.2 Å². The van der Waals surface area contributed by atoms with E-state index >= 15 is 0 Å². The summed E-state index contributed by atoms with van der Waals surface area (Å²) in [6, 6.07) is 0. The molecule has 1 aliphatic heterocycles. The molecule has 0 bridgehead atoms. The summed E-state index contributed by atoms with van der Waals surface area (Å²) in [4.78, 5) is 2.05. The van der Waals surface area contributed by atoms with Crippen LogP contribution < -0.4 is 5.32 Å². The van der Waals surface area contributed by atoms with Crippen molar-refractivity contribution in [2.45, 2.75) is 6.42 Å². The summed E-state index contributed by atoms with van der Waals surface area (Å²) in [6.07, 6.45) is 1.20. The fraction of sp³-hybridized carbons (Fsp3) is 0.800. The zero-order valence-corrected chi connectivity index (χ0v) is 8.38. The van der Waals surface area contributed by atoms with Gasteiger partial charge >= 0.3 is 0 Å². The zero-order valence-electron chi connectivity index (χ0n) is 5.29. The predicted molar refractivity (Wildman–Crippen MR) is 37.8 cm³/mol. The Morgan fingerprint density at radius 2 is 2.33 bits per heavy atom. The zero-order chi connectivity index (χ0) is 5.98. The minimum atomic E-state index is 0. The van der Waals surface area contributed by atoms with E-state index in [0.29, 0.717) is 0 Å². The van der Waals surface area contributed by atoms with Gasteiger partial charge in [0.1, 0.15) is 0 Å². The maximum Gasteiger partial charge on any atom is 0.168 e. The van der Waals surface area contributed by atoms with E-state index < -0.39 is 0 Å². The van der Waals surface area contributed by atoms with Crippen molar-refractivity contribution in [1.29, 1.82) is 0 Å². The Balaban J connectivity index is 0.000000640. The predicted octanol–water partition coefficient (Wildman–Crippen LogP) is 0.194. The molecule has 1 fully saturated rings. The summed E-state index contributed by atoms with van der Waals surface area (Å²) >= 11 is 4.94. The fourth-order valence-corrected chi connectivity index (χ4v) is 0.941. The third-order valence-corrected chi connectivity index (χ3v) is 1.75. The Kier molecular flexibility index (Phi) is 4.41. The van der Waals surface area contributed by atoms with Crippen molar-refractivity contribution in [2.75, 3.05) is 20.1 Å². The molecular formula is C5H10N2PtS. The van der Waals surface area contributed by atoms with Crippen LogP contribution in [0, 0.1) is 0 Å². The number of nitrogens with zero attached hydrogens (tertiary/aromatic N) is 1. The fourth-order valence-electron chi connectivity index (χ4n) is 0.748. The van der Waals surface area contributed by atoms with E-state index in [4.69, 9.17) is 12.2 Å². The van der Waals surface area contributed by atoms with E-state index in [1.807, 2.05) is 7.05 Å². The molecule has 0 aromatic rings. The normalized spacial score (nSPS) is 18.3. The minimum absolute atomic E-state index is 0. The van der Waals surface area contributed by atoms with Crippen molar-refractivity contribution < 1.29 is 21.1 Å². The van der Waals surface area contributed by atoms with Gasteiger partial charge in [0, 0.05) is 41.2 Å². The molecule has 0 atom stereocenters. The van der Waals surface area contributed by atoms with Crippen LogP contribution in [-0.2, 0) is 21.1 Å². The SMILES string of the molecule is CN1CCCNC1=S.[Pt]. The van der Waals surface area contributed by atoms with Crippen LogP contribution in [0.25, 0.3) is 0 Å². The molecule has 1 heterocycles. The first-order valence-corrected chi connectivity index (χ1v) is 3.20. The van der Waals surface area contributed by atoms with Gasteiger partial charge in [0.15, 0.2) is 5.11 Å². The second-order valence-electron chi connectivity index (χ2n) is 2.01. The monoisotopic (exact) mass is 325 g/mol. The van der Waals surface area contributed by atoms with E-state index in [1.54, 1.807) is 0 Å². The topological polar surface area (TPSA) is 15.3 Å². The quantitative estimate of drug-likeness (QED) is 0.641. The largest absolute Gasteiger partial charge is 0.363 e. The maximum atomic E-state index is 4.94. The van der Waals surface area contributed by atoms with Gasteiger partial charge in [-0.25, -0.2) is 0 Å². The first kappa shape index (κ1) is 9.38. The summed E-state index contributed by atoms with van der Waals surface area (Å²) in [5.41, 5.74) is 0. The van der Waals surface area contributed by atoms with Crippen LogP contribution >= 0.6 is 12.2 Å². The summed E-state index contributed by atoms with van der Waals surface area (Å²) in [5.74, 6) is 0. The minimum Gasteiger partial charge on any atom is -0.363 e. The Morgan fingerprint density at radius 3 is 2.67 bits per heavy atom. The smallest absolute Gasteiger partial charge is 0.168 e. The van der Waals surface area contributed by atoms with Crippen LogP contribution in [-0.4, -0.2) is 30.1 Å². The molecule has 0 amide bonds. The van der Waals surface area contributed by atoms with E-state index in [-0.39, 0.29) is 21.1 Å². The van der Waals surface area contributed by atoms with E-state index in [1.165, 1.54) is 6.42 Å². The standard InChI is InChI=1S/C5H10N2S.Pt/c1-7-4-2-3-6-5(7)8;/h2-4H2,1H3,(H,6,8);. The first-order chi connectivity index (χ1) is 3.80. The molecule has 1 rings (SSSR count). The van der Waals surface area contributed by atoms with Crippen LogP contribution in [0.2, 0.25) is 0 Å². The molecule has 0 unspecified atom stereocenters. The summed E-state index contributed by atoms with van der Waals surface area (Å²) in [7, 11) is 2.01. The van der Waals surface area contributed by atoms with Crippen molar-refractivity contribution in [1.82, 2.24) is 10.2 Å². The first-order valence-electron chi connectivity index (χ1n) is 2.79. The van der Waals surface area contributed by atoms with Gasteiger partial charge < -0.3 is 10.2 Å².